The molecule has 0 spiro atoms. The maximum atomic E-state index is 13.3. The average molecular weight is 313 g/mol. The summed E-state index contributed by atoms with van der Waals surface area (Å²) in [5, 5.41) is 12.9. The lowest BCUT2D eigenvalue weighted by atomic mass is 10.2. The number of rotatable bonds is 2. The first-order valence-electron chi connectivity index (χ1n) is 5.15. The maximum absolute atomic E-state index is 13.3. The van der Waals surface area contributed by atoms with Crippen molar-refractivity contribution >= 4 is 21.9 Å². The lowest BCUT2D eigenvalue weighted by molar-refractivity contribution is 0.0689. The molecule has 0 amide bonds. The zero-order chi connectivity index (χ0) is 13.4. The van der Waals surface area contributed by atoms with Crippen molar-refractivity contribution in [3.8, 4) is 5.69 Å². The largest absolute Gasteiger partial charge is 0.476 e. The van der Waals surface area contributed by atoms with E-state index in [1.165, 1.54) is 10.7 Å². The van der Waals surface area contributed by atoms with E-state index in [0.29, 0.717) is 21.3 Å². The fourth-order valence-electron chi connectivity index (χ4n) is 1.68. The first-order chi connectivity index (χ1) is 8.40. The van der Waals surface area contributed by atoms with Crippen molar-refractivity contribution in [1.82, 2.24) is 9.78 Å². The molecule has 0 bridgehead atoms. The zero-order valence-corrected chi connectivity index (χ0v) is 11.3. The Bertz CT molecular complexity index is 637. The van der Waals surface area contributed by atoms with Crippen LogP contribution in [0.1, 0.15) is 21.6 Å². The summed E-state index contributed by atoms with van der Waals surface area (Å²) in [6.45, 7) is 3.41. The Balaban J connectivity index is 2.59. The predicted octanol–water partition coefficient (Wildman–Crippen LogP) is 3.09. The summed E-state index contributed by atoms with van der Waals surface area (Å²) in [6.07, 6.45) is 1.61. The van der Waals surface area contributed by atoms with Crippen LogP contribution in [0.25, 0.3) is 5.69 Å². The second kappa shape index (κ2) is 4.53. The van der Waals surface area contributed by atoms with E-state index < -0.39 is 5.97 Å². The lowest BCUT2D eigenvalue weighted by Crippen LogP contribution is -2.03. The standard InChI is InChI=1S/C12H10BrFN2O2/c1-6-3-9(14)8(13)4-10(6)16-5-7(2)11(15-16)12(17)18/h3-5H,1-2H3,(H,17,18). The van der Waals surface area contributed by atoms with Crippen molar-refractivity contribution in [1.29, 1.82) is 0 Å². The Labute approximate surface area is 111 Å². The van der Waals surface area contributed by atoms with Gasteiger partial charge in [-0.15, -0.1) is 0 Å². The number of benzene rings is 1. The maximum Gasteiger partial charge on any atom is 0.356 e. The Morgan fingerprint density at radius 2 is 2.06 bits per heavy atom. The highest BCUT2D eigenvalue weighted by atomic mass is 79.9. The predicted molar refractivity (Wildman–Crippen MR) is 67.7 cm³/mol. The molecule has 6 heteroatoms. The van der Waals surface area contributed by atoms with Gasteiger partial charge in [-0.25, -0.2) is 13.9 Å². The highest BCUT2D eigenvalue weighted by Gasteiger charge is 2.15. The van der Waals surface area contributed by atoms with Crippen LogP contribution in [0.15, 0.2) is 22.8 Å². The molecule has 4 nitrogen and oxygen atoms in total. The molecule has 0 aliphatic carbocycles. The van der Waals surface area contributed by atoms with E-state index in [0.717, 1.165) is 0 Å². The number of aromatic carboxylic acids is 1. The van der Waals surface area contributed by atoms with Crippen LogP contribution in [-0.4, -0.2) is 20.9 Å². The molecule has 0 saturated heterocycles. The summed E-state index contributed by atoms with van der Waals surface area (Å²) in [5.74, 6) is -1.44. The minimum atomic E-state index is -1.08. The summed E-state index contributed by atoms with van der Waals surface area (Å²) in [6, 6.07) is 2.94. The number of aromatic nitrogens is 2. The SMILES string of the molecule is Cc1cc(F)c(Br)cc1-n1cc(C)c(C(=O)O)n1. The number of carbonyl (C=O) groups is 1. The summed E-state index contributed by atoms with van der Waals surface area (Å²) >= 11 is 3.10. The molecular weight excluding hydrogens is 303 g/mol. The van der Waals surface area contributed by atoms with Crippen molar-refractivity contribution in [2.45, 2.75) is 13.8 Å². The molecule has 0 atom stereocenters. The summed E-state index contributed by atoms with van der Waals surface area (Å²) in [7, 11) is 0. The second-order valence-corrected chi connectivity index (χ2v) is 4.82. The van der Waals surface area contributed by atoms with Crippen molar-refractivity contribution in [2.75, 3.05) is 0 Å². The summed E-state index contributed by atoms with van der Waals surface area (Å²) < 4.78 is 15.1. The third-order valence-corrected chi connectivity index (χ3v) is 3.19. The van der Waals surface area contributed by atoms with Gasteiger partial charge < -0.3 is 5.11 Å². The van der Waals surface area contributed by atoms with Crippen LogP contribution in [0, 0.1) is 19.7 Å². The minimum absolute atomic E-state index is 0.00477. The number of nitrogens with zero attached hydrogens (tertiary/aromatic N) is 2. The van der Waals surface area contributed by atoms with Crippen LogP contribution in [0.4, 0.5) is 4.39 Å². The van der Waals surface area contributed by atoms with Gasteiger partial charge in [-0.2, -0.15) is 5.10 Å². The molecule has 94 valence electrons. The number of halogens is 2. The highest BCUT2D eigenvalue weighted by Crippen LogP contribution is 2.23. The third-order valence-electron chi connectivity index (χ3n) is 2.59. The normalized spacial score (nSPS) is 10.7. The van der Waals surface area contributed by atoms with Gasteiger partial charge in [0.25, 0.3) is 0 Å². The van der Waals surface area contributed by atoms with Gasteiger partial charge in [0.2, 0.25) is 0 Å². The fraction of sp³-hybridized carbons (Fsp3) is 0.167. The third kappa shape index (κ3) is 2.15. The smallest absolute Gasteiger partial charge is 0.356 e. The van der Waals surface area contributed by atoms with Gasteiger partial charge in [-0.05, 0) is 47.5 Å². The van der Waals surface area contributed by atoms with Gasteiger partial charge in [0.05, 0.1) is 10.2 Å². The summed E-state index contributed by atoms with van der Waals surface area (Å²) in [4.78, 5) is 10.9. The van der Waals surface area contributed by atoms with Crippen LogP contribution in [-0.2, 0) is 0 Å². The van der Waals surface area contributed by atoms with Crippen molar-refractivity contribution in [3.63, 3.8) is 0 Å². The van der Waals surface area contributed by atoms with Gasteiger partial charge in [0, 0.05) is 11.8 Å². The Kier molecular flexibility index (Phi) is 3.21. The molecule has 0 aliphatic rings. The monoisotopic (exact) mass is 312 g/mol. The van der Waals surface area contributed by atoms with Crippen LogP contribution in [0.3, 0.4) is 0 Å². The molecule has 0 saturated carbocycles. The highest BCUT2D eigenvalue weighted by molar-refractivity contribution is 9.10. The second-order valence-electron chi connectivity index (χ2n) is 3.96. The molecule has 0 fully saturated rings. The van der Waals surface area contributed by atoms with Crippen LogP contribution < -0.4 is 0 Å². The molecule has 0 unspecified atom stereocenters. The van der Waals surface area contributed by atoms with Gasteiger partial charge >= 0.3 is 5.97 Å². The Hall–Kier alpha value is -1.69. The van der Waals surface area contributed by atoms with E-state index in [4.69, 9.17) is 5.11 Å². The van der Waals surface area contributed by atoms with Gasteiger partial charge in [-0.1, -0.05) is 0 Å². The molecule has 18 heavy (non-hydrogen) atoms. The van der Waals surface area contributed by atoms with E-state index in [1.807, 2.05) is 0 Å². The molecule has 1 heterocycles. The lowest BCUT2D eigenvalue weighted by Gasteiger charge is -2.07. The van der Waals surface area contributed by atoms with E-state index >= 15 is 0 Å². The van der Waals surface area contributed by atoms with E-state index in [9.17, 15) is 9.18 Å². The van der Waals surface area contributed by atoms with Crippen molar-refractivity contribution in [2.24, 2.45) is 0 Å². The number of hydrogen-bond acceptors (Lipinski definition) is 2. The topological polar surface area (TPSA) is 55.1 Å². The molecule has 0 radical (unpaired) electrons. The van der Waals surface area contributed by atoms with E-state index in [2.05, 4.69) is 21.0 Å². The number of hydrogen-bond donors (Lipinski definition) is 1. The summed E-state index contributed by atoms with van der Waals surface area (Å²) in [5.41, 5.74) is 1.87. The fourth-order valence-corrected chi connectivity index (χ4v) is 2.01. The average Bonchev–Trinajstić information content (AvgIpc) is 2.65. The van der Waals surface area contributed by atoms with Gasteiger partial charge in [0.15, 0.2) is 5.69 Å². The molecule has 1 N–H and O–H groups in total. The van der Waals surface area contributed by atoms with Crippen LogP contribution in [0.5, 0.6) is 0 Å². The number of carboxylic acid groups (broad SMARTS) is 1. The van der Waals surface area contributed by atoms with Crippen molar-refractivity contribution in [3.05, 3.63) is 45.4 Å². The first kappa shape index (κ1) is 12.8. The molecule has 2 aromatic rings. The quantitative estimate of drug-likeness (QED) is 0.927. The molecule has 2 rings (SSSR count). The Morgan fingerprint density at radius 1 is 1.39 bits per heavy atom. The molecular formula is C12H10BrFN2O2. The zero-order valence-electron chi connectivity index (χ0n) is 9.74. The van der Waals surface area contributed by atoms with E-state index in [1.54, 1.807) is 26.1 Å². The van der Waals surface area contributed by atoms with Crippen LogP contribution in [0.2, 0.25) is 0 Å². The van der Waals surface area contributed by atoms with Gasteiger partial charge in [0.1, 0.15) is 5.82 Å². The molecule has 0 aliphatic heterocycles. The van der Waals surface area contributed by atoms with E-state index in [-0.39, 0.29) is 11.5 Å². The van der Waals surface area contributed by atoms with Crippen LogP contribution >= 0.6 is 15.9 Å². The van der Waals surface area contributed by atoms with Gasteiger partial charge in [-0.3, -0.25) is 0 Å². The minimum Gasteiger partial charge on any atom is -0.476 e. The molecule has 1 aromatic carbocycles. The Morgan fingerprint density at radius 3 is 2.61 bits per heavy atom. The first-order valence-corrected chi connectivity index (χ1v) is 5.95. The number of carboxylic acids is 1. The number of aryl methyl sites for hydroxylation is 2. The van der Waals surface area contributed by atoms with Crippen molar-refractivity contribution < 1.29 is 14.3 Å². The molecule has 1 aromatic heterocycles.